The molecule has 0 fully saturated rings. The number of methoxy groups -OCH3 is 1. The molecule has 0 bridgehead atoms. The Morgan fingerprint density at radius 1 is 0.524 bits per heavy atom. The van der Waals surface area contributed by atoms with Crippen molar-refractivity contribution < 1.29 is 39.3 Å². The summed E-state index contributed by atoms with van der Waals surface area (Å²) >= 11 is 7.73. The van der Waals surface area contributed by atoms with Crippen molar-refractivity contribution in [3.8, 4) is 74.8 Å². The van der Waals surface area contributed by atoms with Crippen LogP contribution < -0.4 is 20.1 Å². The Hall–Kier alpha value is -16.0. The van der Waals surface area contributed by atoms with Crippen LogP contribution in [0.2, 0.25) is 5.02 Å². The van der Waals surface area contributed by atoms with Crippen LogP contribution in [0, 0.1) is 5.82 Å². The van der Waals surface area contributed by atoms with Crippen molar-refractivity contribution in [3.05, 3.63) is 312 Å². The lowest BCUT2D eigenvalue weighted by molar-refractivity contribution is -0.124. The number of rotatable bonds is 29. The number of H-pyrrole nitrogens is 5. The van der Waals surface area contributed by atoms with Crippen molar-refractivity contribution >= 4 is 85.1 Å². The van der Waals surface area contributed by atoms with E-state index in [4.69, 9.17) is 21.1 Å². The van der Waals surface area contributed by atoms with E-state index in [0.717, 1.165) is 52.0 Å². The highest BCUT2D eigenvalue weighted by molar-refractivity contribution is 7.18. The lowest BCUT2D eigenvalue weighted by atomic mass is 10.1. The maximum Gasteiger partial charge on any atom is 0.278 e. The SMILES string of the molecule is CC(Oc1ccccc1Cl)C(=O)Cc1nc(-c2ccccn2)n[nH]1.CCc1ccc2c(ccn2CC(=O)Nc2n[nH]c(-c3ccccn3)n2)c1.COc1ccc(CCC(=O)Cc2nc(-c3ccccn3)n[nH]2)cc1.O=C(CCCc1nc2ccccc2s1)Cc1nc(-c2ccccn2)n[nH]1.O=C(Nc1n[nH]c(-c2ccccn2)n1)c1ccn(-c2cccc(F)c2)n1.[HH]. The number of ether oxygens (including phenoxy) is 2. The predicted octanol–water partition coefficient (Wildman–Crippen LogP) is 15.0. The van der Waals surface area contributed by atoms with Gasteiger partial charge in [0.05, 0.1) is 52.3 Å². The second kappa shape index (κ2) is 42.9. The number of hydrogen-bond acceptors (Lipinski definition) is 25. The van der Waals surface area contributed by atoms with Crippen LogP contribution in [0.15, 0.2) is 262 Å². The number of carbonyl (C=O) groups excluding carboxylic acids is 5. The largest absolute Gasteiger partial charge is 0.497 e. The highest BCUT2D eigenvalue weighted by Crippen LogP contribution is 2.27. The van der Waals surface area contributed by atoms with Gasteiger partial charge in [-0.05, 0) is 189 Å². The summed E-state index contributed by atoms with van der Waals surface area (Å²) in [5, 5.41) is 46.3. The molecule has 0 saturated carbocycles. The Kier molecular flexibility index (Phi) is 29.4. The van der Waals surface area contributed by atoms with Gasteiger partial charge in [0.2, 0.25) is 17.8 Å². The topological polar surface area (TPSA) is 436 Å². The molecule has 0 aliphatic carbocycles. The number of para-hydroxylation sites is 2. The zero-order valence-electron chi connectivity index (χ0n) is 68.0. The molecule has 13 aromatic heterocycles. The smallest absolute Gasteiger partial charge is 0.278 e. The molecule has 0 radical (unpaired) electrons. The van der Waals surface area contributed by atoms with Gasteiger partial charge in [-0.2, -0.15) is 30.4 Å². The van der Waals surface area contributed by atoms with Crippen molar-refractivity contribution in [2.24, 2.45) is 0 Å². The molecule has 36 heteroatoms. The summed E-state index contributed by atoms with van der Waals surface area (Å²) in [6.07, 6.45) is 16.1. The molecule has 18 aromatic rings. The van der Waals surface area contributed by atoms with Crippen LogP contribution in [0.3, 0.4) is 0 Å². The molecule has 634 valence electrons. The lowest BCUT2D eigenvalue weighted by Crippen LogP contribution is -2.26. The first kappa shape index (κ1) is 86.3. The average Bonchev–Trinajstić information content (AvgIpc) is 1.68. The van der Waals surface area contributed by atoms with Crippen molar-refractivity contribution in [3.63, 3.8) is 0 Å². The summed E-state index contributed by atoms with van der Waals surface area (Å²) in [5.74, 6) is 4.77. The molecule has 1 unspecified atom stereocenters. The Morgan fingerprint density at radius 3 is 1.63 bits per heavy atom. The molecule has 33 nitrogen and oxygen atoms in total. The molecular weight excluding hydrogens is 1640 g/mol. The predicted molar refractivity (Wildman–Crippen MR) is 473 cm³/mol. The summed E-state index contributed by atoms with van der Waals surface area (Å²) in [7, 11) is 1.63. The van der Waals surface area contributed by atoms with Gasteiger partial charge in [0, 0.05) is 63.2 Å². The molecule has 5 aromatic carbocycles. The number of ketones is 3. The third kappa shape index (κ3) is 24.4. The Bertz CT molecular complexity index is 6580. The number of aromatic nitrogens is 24. The van der Waals surface area contributed by atoms with Crippen molar-refractivity contribution in [2.75, 3.05) is 17.7 Å². The zero-order chi connectivity index (χ0) is 87.4. The molecule has 7 N–H and O–H groups in total. The molecule has 0 aliphatic rings. The molecule has 2 amide bonds. The van der Waals surface area contributed by atoms with E-state index in [2.05, 4.69) is 147 Å². The van der Waals surface area contributed by atoms with E-state index in [1.54, 1.807) is 117 Å². The maximum absolute atomic E-state index is 13.3. The van der Waals surface area contributed by atoms with Crippen LogP contribution in [-0.4, -0.2) is 163 Å². The highest BCUT2D eigenvalue weighted by atomic mass is 35.5. The van der Waals surface area contributed by atoms with Crippen LogP contribution in [0.1, 0.15) is 78.6 Å². The second-order valence-electron chi connectivity index (χ2n) is 27.8. The maximum atomic E-state index is 13.3. The number of anilines is 2. The quantitative estimate of drug-likeness (QED) is 0.0229. The molecule has 18 rings (SSSR count). The van der Waals surface area contributed by atoms with E-state index >= 15 is 0 Å². The molecule has 0 aliphatic heterocycles. The van der Waals surface area contributed by atoms with E-state index in [1.165, 1.54) is 33.1 Å². The monoisotopic (exact) mass is 1720 g/mol. The van der Waals surface area contributed by atoms with Gasteiger partial charge in [-0.25, -0.2) is 29.0 Å². The van der Waals surface area contributed by atoms with Gasteiger partial charge in [0.25, 0.3) is 5.91 Å². The summed E-state index contributed by atoms with van der Waals surface area (Å²) in [6.45, 7) is 4.01. The van der Waals surface area contributed by atoms with E-state index in [1.807, 2.05) is 138 Å². The van der Waals surface area contributed by atoms with Crippen molar-refractivity contribution in [2.45, 2.75) is 84.3 Å². The minimum absolute atomic E-state index is 0. The first-order valence-electron chi connectivity index (χ1n) is 39.7. The number of nitrogens with one attached hydrogen (secondary N) is 7. The Morgan fingerprint density at radius 2 is 1.07 bits per heavy atom. The first-order valence-corrected chi connectivity index (χ1v) is 40.9. The summed E-state index contributed by atoms with van der Waals surface area (Å²) in [4.78, 5) is 108. The number of amides is 2. The third-order valence-electron chi connectivity index (χ3n) is 18.7. The summed E-state index contributed by atoms with van der Waals surface area (Å²) < 4.78 is 28.6. The average molecular weight is 1730 g/mol. The molecule has 13 heterocycles. The first-order chi connectivity index (χ1) is 61.6. The lowest BCUT2D eigenvalue weighted by Gasteiger charge is -2.13. The molecule has 0 spiro atoms. The van der Waals surface area contributed by atoms with E-state index < -0.39 is 12.0 Å². The van der Waals surface area contributed by atoms with E-state index in [-0.39, 0.29) is 73.9 Å². The van der Waals surface area contributed by atoms with Crippen LogP contribution in [0.5, 0.6) is 11.5 Å². The number of aryl methyl sites for hydroxylation is 3. The van der Waals surface area contributed by atoms with Gasteiger partial charge in [-0.3, -0.25) is 85.0 Å². The van der Waals surface area contributed by atoms with Gasteiger partial charge in [-0.15, -0.1) is 21.5 Å². The number of hydrogen-bond donors (Lipinski definition) is 7. The Balaban J connectivity index is 0.000000136. The van der Waals surface area contributed by atoms with Crippen LogP contribution in [0.4, 0.5) is 16.3 Å². The fourth-order valence-electron chi connectivity index (χ4n) is 12.3. The molecule has 1 atom stereocenters. The normalized spacial score (nSPS) is 11.0. The highest BCUT2D eigenvalue weighted by Gasteiger charge is 2.22. The fourth-order valence-corrected chi connectivity index (χ4v) is 13.5. The number of fused-ring (bicyclic) bond motifs is 2. The Labute approximate surface area is 729 Å². The zero-order valence-corrected chi connectivity index (χ0v) is 69.6. The number of aromatic amines is 5. The number of thiazole rings is 1. The number of carbonyl (C=O) groups is 5. The van der Waals surface area contributed by atoms with Crippen molar-refractivity contribution in [1.82, 2.24) is 120 Å². The molecule has 0 saturated heterocycles. The number of halogens is 2. The fraction of sp³-hybridized carbons (Fsp3) is 0.156. The van der Waals surface area contributed by atoms with Gasteiger partial charge in [0.1, 0.15) is 81.4 Å². The number of Topliss-reactive ketones (excluding diaryl/α,β-unsaturated/α-hetero) is 3. The van der Waals surface area contributed by atoms with Gasteiger partial charge >= 0.3 is 0 Å². The van der Waals surface area contributed by atoms with Gasteiger partial charge in [-0.1, -0.05) is 97.4 Å². The summed E-state index contributed by atoms with van der Waals surface area (Å²) in [5.41, 5.74) is 8.41. The minimum Gasteiger partial charge on any atom is -0.497 e. The third-order valence-corrected chi connectivity index (χ3v) is 20.1. The number of benzene rings is 5. The van der Waals surface area contributed by atoms with Crippen LogP contribution in [-0.2, 0) is 64.2 Å². The van der Waals surface area contributed by atoms with Crippen LogP contribution >= 0.6 is 22.9 Å². The molecular formula is C90H82ClFN26O7S. The minimum atomic E-state index is -0.645. The van der Waals surface area contributed by atoms with Gasteiger partial charge < -0.3 is 14.0 Å². The summed E-state index contributed by atoms with van der Waals surface area (Å²) in [6, 6.07) is 66.1. The standard InChI is InChI=1S/C19H18N6O.C19H17N5OS.C18H18N4O2.C17H15ClN4O2.C17H12FN7O.H2/c1-2-13-6-7-16-14(11-13)8-10-25(16)12-17(26)21-19-22-18(23-24-19)15-5-3-4-9-20-15;25-13(6-5-10-18-21-14-7-1-2-9-16(14)26-18)12-17-22-19(24-23-17)15-8-3-4-11-20-15;1-24-15-9-6-13(7-10-15)5-8-14(23)12-17-20-18(22-21-17)16-4-2-3-11-19-16;1-11(24-15-8-3-2-6-12(15)18)14(23)10-16-20-17(22-21-16)13-7-4-5-9-19-13;18-11-4-3-5-12(10-11)25-9-7-14(24-25)16(26)21-17-20-15(22-23-17)13-6-1-2-8-19-13;/h3-11H,2,12H2,1H3,(H2,21,22,23,24,26);1-4,7-9,11H,5-6,10,12H2,(H,22,23,24);2-4,6-7,9-11H,5,8,12H2,1H3,(H,20,21,22);2-9,11H,10H2,1H3,(H,20,21,22);1-10H,(H2,20,21,22,23,26);1H. The second-order valence-corrected chi connectivity index (χ2v) is 29.3. The molecule has 126 heavy (non-hydrogen) atoms. The number of nitrogens with zero attached hydrogens (tertiary/aromatic N) is 19. The number of pyridine rings is 5. The van der Waals surface area contributed by atoms with Crippen molar-refractivity contribution in [1.29, 1.82) is 0 Å². The van der Waals surface area contributed by atoms with Crippen LogP contribution in [0.25, 0.3) is 84.4 Å². The van der Waals surface area contributed by atoms with E-state index in [0.29, 0.717) is 111 Å². The van der Waals surface area contributed by atoms with Gasteiger partial charge in [0.15, 0.2) is 46.7 Å². The van der Waals surface area contributed by atoms with E-state index in [9.17, 15) is 28.4 Å².